The molecule has 2 heterocycles. The number of anilines is 1. The second kappa shape index (κ2) is 3.19. The van der Waals surface area contributed by atoms with Crippen LogP contribution in [0.4, 0.5) is 5.13 Å². The van der Waals surface area contributed by atoms with Crippen LogP contribution in [0.3, 0.4) is 0 Å². The minimum atomic E-state index is 0.914. The third-order valence-corrected chi connectivity index (χ3v) is 4.38. The lowest BCUT2D eigenvalue weighted by atomic mass is 9.73. The highest BCUT2D eigenvalue weighted by Crippen LogP contribution is 2.39. The van der Waals surface area contributed by atoms with Crippen LogP contribution in [0.25, 0.3) is 0 Å². The van der Waals surface area contributed by atoms with Crippen molar-refractivity contribution >= 4 is 16.7 Å². The molecule has 0 N–H and O–H groups in total. The van der Waals surface area contributed by atoms with Gasteiger partial charge in [0.25, 0.3) is 0 Å². The highest BCUT2D eigenvalue weighted by molar-refractivity contribution is 7.09. The molecule has 14 heavy (non-hydrogen) atoms. The fourth-order valence-electron chi connectivity index (χ4n) is 2.29. The van der Waals surface area contributed by atoms with Crippen molar-refractivity contribution in [3.8, 4) is 0 Å². The van der Waals surface area contributed by atoms with Gasteiger partial charge in [-0.2, -0.15) is 4.37 Å². The van der Waals surface area contributed by atoms with E-state index in [1.54, 1.807) is 0 Å². The molecule has 3 rings (SSSR count). The maximum Gasteiger partial charge on any atom is 0.205 e. The van der Waals surface area contributed by atoms with Crippen LogP contribution in [0.5, 0.6) is 0 Å². The number of nitrogens with zero attached hydrogens (tertiary/aromatic N) is 3. The van der Waals surface area contributed by atoms with E-state index in [0.29, 0.717) is 0 Å². The molecule has 1 saturated carbocycles. The molecule has 2 fully saturated rings. The van der Waals surface area contributed by atoms with E-state index in [1.807, 2.05) is 6.92 Å². The Morgan fingerprint density at radius 3 is 2.57 bits per heavy atom. The molecule has 0 spiro atoms. The molecule has 0 radical (unpaired) electrons. The summed E-state index contributed by atoms with van der Waals surface area (Å²) in [6.07, 6.45) is 4.39. The predicted octanol–water partition coefficient (Wildman–Crippen LogP) is 2.08. The second-order valence-electron chi connectivity index (χ2n) is 4.48. The summed E-state index contributed by atoms with van der Waals surface area (Å²) in [5.41, 5.74) is 0. The first kappa shape index (κ1) is 8.65. The lowest BCUT2D eigenvalue weighted by molar-refractivity contribution is 0.173. The van der Waals surface area contributed by atoms with Gasteiger partial charge in [-0.3, -0.25) is 0 Å². The summed E-state index contributed by atoms with van der Waals surface area (Å²) in [6, 6.07) is 0. The Bertz CT molecular complexity index is 326. The summed E-state index contributed by atoms with van der Waals surface area (Å²) in [5, 5.41) is 1.12. The smallest absolute Gasteiger partial charge is 0.205 e. The molecule has 0 amide bonds. The van der Waals surface area contributed by atoms with Gasteiger partial charge in [-0.05, 0) is 18.8 Å². The van der Waals surface area contributed by atoms with E-state index >= 15 is 0 Å². The van der Waals surface area contributed by atoms with Gasteiger partial charge in [0, 0.05) is 24.6 Å². The fraction of sp³-hybridized carbons (Fsp3) is 0.800. The van der Waals surface area contributed by atoms with Crippen molar-refractivity contribution in [3.05, 3.63) is 5.82 Å². The molecule has 1 aromatic heterocycles. The Balaban J connectivity index is 1.58. The van der Waals surface area contributed by atoms with Crippen molar-refractivity contribution in [2.75, 3.05) is 18.0 Å². The second-order valence-corrected chi connectivity index (χ2v) is 5.21. The monoisotopic (exact) mass is 209 g/mol. The van der Waals surface area contributed by atoms with Gasteiger partial charge in [-0.25, -0.2) is 4.98 Å². The lowest BCUT2D eigenvalue weighted by Crippen LogP contribution is -2.51. The van der Waals surface area contributed by atoms with Crippen molar-refractivity contribution in [1.82, 2.24) is 9.36 Å². The molecule has 0 unspecified atom stereocenters. The van der Waals surface area contributed by atoms with E-state index in [0.717, 1.165) is 22.8 Å². The zero-order chi connectivity index (χ0) is 9.54. The molecular formula is C10H15N3S. The van der Waals surface area contributed by atoms with Crippen LogP contribution in [-0.4, -0.2) is 22.4 Å². The zero-order valence-corrected chi connectivity index (χ0v) is 9.26. The number of aromatic nitrogens is 2. The van der Waals surface area contributed by atoms with E-state index in [1.165, 1.54) is 43.9 Å². The molecule has 2 aliphatic rings. The van der Waals surface area contributed by atoms with Crippen LogP contribution in [0.1, 0.15) is 25.1 Å². The summed E-state index contributed by atoms with van der Waals surface area (Å²) in [7, 11) is 0. The Hall–Kier alpha value is -0.640. The van der Waals surface area contributed by atoms with Crippen LogP contribution in [0.2, 0.25) is 0 Å². The Morgan fingerprint density at radius 2 is 2.07 bits per heavy atom. The first-order valence-corrected chi connectivity index (χ1v) is 6.15. The molecule has 1 aliphatic carbocycles. The van der Waals surface area contributed by atoms with Gasteiger partial charge in [0.05, 0.1) is 0 Å². The van der Waals surface area contributed by atoms with Crippen LogP contribution in [-0.2, 0) is 0 Å². The number of hydrogen-bond acceptors (Lipinski definition) is 4. The van der Waals surface area contributed by atoms with E-state index < -0.39 is 0 Å². The third-order valence-electron chi connectivity index (χ3n) is 3.51. The van der Waals surface area contributed by atoms with Gasteiger partial charge in [-0.1, -0.05) is 19.3 Å². The largest absolute Gasteiger partial charge is 0.346 e. The van der Waals surface area contributed by atoms with E-state index in [-0.39, 0.29) is 0 Å². The van der Waals surface area contributed by atoms with E-state index in [4.69, 9.17) is 0 Å². The van der Waals surface area contributed by atoms with Crippen molar-refractivity contribution < 1.29 is 0 Å². The van der Waals surface area contributed by atoms with Gasteiger partial charge in [0.1, 0.15) is 5.82 Å². The molecule has 76 valence electrons. The maximum atomic E-state index is 4.40. The minimum Gasteiger partial charge on any atom is -0.346 e. The predicted molar refractivity (Wildman–Crippen MR) is 57.7 cm³/mol. The zero-order valence-electron chi connectivity index (χ0n) is 8.44. The van der Waals surface area contributed by atoms with Gasteiger partial charge in [0.15, 0.2) is 0 Å². The average molecular weight is 209 g/mol. The highest BCUT2D eigenvalue weighted by atomic mass is 32.1. The normalized spacial score (nSPS) is 23.4. The molecule has 1 aromatic rings. The van der Waals surface area contributed by atoms with Gasteiger partial charge in [0.2, 0.25) is 5.13 Å². The highest BCUT2D eigenvalue weighted by Gasteiger charge is 2.37. The van der Waals surface area contributed by atoms with Gasteiger partial charge in [-0.15, -0.1) is 0 Å². The van der Waals surface area contributed by atoms with Crippen molar-refractivity contribution in [1.29, 1.82) is 0 Å². The van der Waals surface area contributed by atoms with Crippen molar-refractivity contribution in [2.24, 2.45) is 11.8 Å². The summed E-state index contributed by atoms with van der Waals surface area (Å²) in [6.45, 7) is 4.40. The van der Waals surface area contributed by atoms with Crippen molar-refractivity contribution in [3.63, 3.8) is 0 Å². The molecule has 0 bridgehead atoms. The standard InChI is InChI=1S/C10H15N3S/c1-7-11-10(14-12-7)13-5-9(6-13)8-3-2-4-8/h8-9H,2-6H2,1H3. The van der Waals surface area contributed by atoms with Crippen LogP contribution >= 0.6 is 11.5 Å². The van der Waals surface area contributed by atoms with E-state index in [9.17, 15) is 0 Å². The fourth-order valence-corrected chi connectivity index (χ4v) is 2.98. The molecule has 0 atom stereocenters. The van der Waals surface area contributed by atoms with Gasteiger partial charge >= 0.3 is 0 Å². The molecule has 4 heteroatoms. The summed E-state index contributed by atoms with van der Waals surface area (Å²) >= 11 is 1.54. The number of rotatable bonds is 2. The minimum absolute atomic E-state index is 0.914. The summed E-state index contributed by atoms with van der Waals surface area (Å²) in [5.74, 6) is 2.89. The third kappa shape index (κ3) is 1.32. The maximum absolute atomic E-state index is 4.40. The lowest BCUT2D eigenvalue weighted by Gasteiger charge is -2.46. The SMILES string of the molecule is Cc1nsc(N2CC(C3CCC3)C2)n1. The molecule has 0 aromatic carbocycles. The Morgan fingerprint density at radius 1 is 1.29 bits per heavy atom. The van der Waals surface area contributed by atoms with Crippen molar-refractivity contribution in [2.45, 2.75) is 26.2 Å². The molecular weight excluding hydrogens is 194 g/mol. The van der Waals surface area contributed by atoms with Crippen LogP contribution in [0.15, 0.2) is 0 Å². The number of hydrogen-bond donors (Lipinski definition) is 0. The van der Waals surface area contributed by atoms with Gasteiger partial charge < -0.3 is 4.90 Å². The summed E-state index contributed by atoms with van der Waals surface area (Å²) in [4.78, 5) is 6.77. The Kier molecular flexibility index (Phi) is 1.97. The van der Waals surface area contributed by atoms with E-state index in [2.05, 4.69) is 14.3 Å². The molecule has 1 aliphatic heterocycles. The molecule has 1 saturated heterocycles. The molecule has 3 nitrogen and oxygen atoms in total. The first-order valence-electron chi connectivity index (χ1n) is 5.38. The Labute approximate surface area is 88.3 Å². The van der Waals surface area contributed by atoms with Crippen LogP contribution < -0.4 is 4.90 Å². The quantitative estimate of drug-likeness (QED) is 0.746. The topological polar surface area (TPSA) is 29.0 Å². The average Bonchev–Trinajstić information content (AvgIpc) is 2.38. The van der Waals surface area contributed by atoms with Crippen LogP contribution in [0, 0.1) is 18.8 Å². The summed E-state index contributed by atoms with van der Waals surface area (Å²) < 4.78 is 4.21. The number of aryl methyl sites for hydroxylation is 1. The first-order chi connectivity index (χ1) is 6.83.